The van der Waals surface area contributed by atoms with Gasteiger partial charge in [-0.05, 0) is 47.3 Å². The number of para-hydroxylation sites is 4. The normalized spacial score (nSPS) is 15.2. The van der Waals surface area contributed by atoms with Crippen molar-refractivity contribution in [2.24, 2.45) is 0 Å². The predicted molar refractivity (Wildman–Crippen MR) is 463 cm³/mol. The molecule has 6 heteroatoms. The summed E-state index contributed by atoms with van der Waals surface area (Å²) >= 11 is 0.00673. The SMILES string of the molecule is [2H]c1c([2H])c([2H])c2c(c1[2H])c1c([2H])c([2H])c([2H])c([2H])c1n2-c1ccc2c(c1)N1c3cc(C(C)(C)C)cc4c3B2c2ccc(-n3c5c([2H])c([2H])c([2H])c([2H])c5c5c([2H])c([2H])c([2H])c([2H])c53)cc2N4c2c(-c3ccccc3)cc(C(C)(C)C)cc2-c2cccc(c2)-c2ccc3[se]c4ccc(cc4c3c2)-c2cccc(c2)-c2cc(C(C)(C)C)cc(-c3ccccc3)c21. The second-order valence-corrected chi connectivity index (χ2v) is 34.4. The number of nitrogens with zero attached hydrogens (tertiary/aromatic N) is 4. The van der Waals surface area contributed by atoms with E-state index in [1.54, 1.807) is 9.13 Å². The van der Waals surface area contributed by atoms with Crippen LogP contribution in [0.2, 0.25) is 0 Å². The first-order chi connectivity index (χ1) is 59.1. The van der Waals surface area contributed by atoms with Gasteiger partial charge >= 0.3 is 382 Å². The molecule has 3 aliphatic heterocycles. The van der Waals surface area contributed by atoms with E-state index in [2.05, 4.69) is 242 Å². The molecule has 0 spiro atoms. The standard InChI is InChI=1S/C102H79BN4Se/c1-100(2,3)70-54-79(62-26-12-10-13-27-62)98-81(56-70)68-32-24-30-64(50-68)66-42-48-95-83(52-66)84-53-67(43-49-96(84)108-95)65-31-25-33-69(51-65)82-57-71(101(4,5)6)55-80(63-28-14-11-15-29-63)99(82)107-92-61-74(105-89-40-22-18-36-77(89)78-37-19-23-41-90(78)105)45-47-86(92)103-85-46-44-73(104-87-38-20-16-34-75(87)76-35-17-21-39-88(76)104)60-91(85)106(98)93-58-72(102(7,8)9)59-94(107)97(93)103/h10-61H,1-9H3/i16D,17D,18D,19D,20D,21D,22D,23D,34D,35D,36D,37D,38D,39D,40D,41D. The van der Waals surface area contributed by atoms with Gasteiger partial charge in [-0.2, -0.15) is 0 Å². The van der Waals surface area contributed by atoms with Gasteiger partial charge < -0.3 is 9.13 Å². The van der Waals surface area contributed by atoms with Crippen molar-refractivity contribution in [1.82, 2.24) is 9.13 Å². The number of rotatable bonds is 4. The maximum atomic E-state index is 9.98. The van der Waals surface area contributed by atoms with E-state index < -0.39 is 120 Å². The Balaban J connectivity index is 1.01. The van der Waals surface area contributed by atoms with Gasteiger partial charge in [-0.1, -0.05) is 142 Å². The number of aromatic nitrogens is 2. The zero-order valence-electron chi connectivity index (χ0n) is 77.1. The van der Waals surface area contributed by atoms with Crippen molar-refractivity contribution in [2.75, 3.05) is 9.80 Å². The molecular formula is C102H79BN4Se. The Hall–Kier alpha value is -11.9. The van der Waals surface area contributed by atoms with Crippen molar-refractivity contribution in [3.05, 3.63) is 332 Å². The molecule has 21 rings (SSSR count). The van der Waals surface area contributed by atoms with E-state index in [0.29, 0.717) is 22.7 Å². The van der Waals surface area contributed by atoms with E-state index in [-0.39, 0.29) is 58.1 Å². The van der Waals surface area contributed by atoms with E-state index in [0.717, 1.165) is 123 Å². The third-order valence-corrected chi connectivity index (χ3v) is 25.0. The van der Waals surface area contributed by atoms with Crippen LogP contribution in [0.25, 0.3) is 141 Å². The van der Waals surface area contributed by atoms with Gasteiger partial charge in [0, 0.05) is 32.9 Å². The molecule has 0 radical (unpaired) electrons. The van der Waals surface area contributed by atoms with Gasteiger partial charge in [0.25, 0.3) is 6.71 Å². The van der Waals surface area contributed by atoms with Crippen molar-refractivity contribution < 1.29 is 21.9 Å². The van der Waals surface area contributed by atoms with Crippen LogP contribution in [-0.2, 0) is 16.2 Å². The first-order valence-corrected chi connectivity index (χ1v) is 38.6. The Kier molecular flexibility index (Phi) is 11.0. The van der Waals surface area contributed by atoms with Crippen LogP contribution in [0.3, 0.4) is 0 Å². The molecular weight excluding hydrogens is 1370 g/mol. The first kappa shape index (κ1) is 49.8. The minimum absolute atomic E-state index is 0.00673. The van der Waals surface area contributed by atoms with Crippen molar-refractivity contribution in [3.8, 4) is 78.1 Å². The predicted octanol–water partition coefficient (Wildman–Crippen LogP) is 25.5. The molecule has 0 unspecified atom stereocenters. The molecule has 108 heavy (non-hydrogen) atoms. The molecule has 15 aromatic carbocycles. The molecule has 0 N–H and O–H groups in total. The van der Waals surface area contributed by atoms with Crippen LogP contribution >= 0.6 is 0 Å². The molecule has 3 aliphatic rings. The Morgan fingerprint density at radius 3 is 1.00 bits per heavy atom. The number of anilines is 6. The van der Waals surface area contributed by atoms with E-state index in [9.17, 15) is 21.9 Å². The van der Waals surface area contributed by atoms with Gasteiger partial charge in [-0.25, -0.2) is 0 Å². The fourth-order valence-corrected chi connectivity index (χ4v) is 19.4. The van der Waals surface area contributed by atoms with Gasteiger partial charge in [0.15, 0.2) is 0 Å². The van der Waals surface area contributed by atoms with Crippen molar-refractivity contribution in [2.45, 2.75) is 78.6 Å². The molecule has 516 valence electrons. The minimum atomic E-state index is -0.780. The number of benzene rings is 15. The Morgan fingerprint density at radius 2 is 0.620 bits per heavy atom. The summed E-state index contributed by atoms with van der Waals surface area (Å²) < 4.78 is 159. The van der Waals surface area contributed by atoms with Gasteiger partial charge in [0.05, 0.1) is 44.0 Å². The Morgan fingerprint density at radius 1 is 0.287 bits per heavy atom. The van der Waals surface area contributed by atoms with E-state index >= 15 is 0 Å². The van der Waals surface area contributed by atoms with Crippen LogP contribution in [0.1, 0.15) is 101 Å². The molecule has 3 aromatic heterocycles. The molecule has 4 nitrogen and oxygen atoms in total. The summed E-state index contributed by atoms with van der Waals surface area (Å²) in [7, 11) is 0. The number of hydrogen-bond acceptors (Lipinski definition) is 2. The van der Waals surface area contributed by atoms with Gasteiger partial charge in [-0.3, -0.25) is 0 Å². The van der Waals surface area contributed by atoms with Gasteiger partial charge in [0.2, 0.25) is 0 Å². The quantitative estimate of drug-likeness (QED) is 0.163. The van der Waals surface area contributed by atoms with Crippen molar-refractivity contribution >= 4 is 135 Å². The zero-order chi connectivity index (χ0) is 86.7. The summed E-state index contributed by atoms with van der Waals surface area (Å²) in [6.45, 7) is 19.2. The molecule has 6 heterocycles. The van der Waals surface area contributed by atoms with Gasteiger partial charge in [0.1, 0.15) is 0 Å². The average Bonchev–Trinajstić information content (AvgIpc) is 1.73. The zero-order valence-corrected chi connectivity index (χ0v) is 62.8. The third-order valence-electron chi connectivity index (χ3n) is 22.5. The Labute approximate surface area is 660 Å². The molecule has 0 atom stereocenters. The summed E-state index contributed by atoms with van der Waals surface area (Å²) in [6, 6.07) is 69.9. The first-order valence-electron chi connectivity index (χ1n) is 44.8. The monoisotopic (exact) mass is 1470 g/mol. The Bertz CT molecular complexity index is 7250. The number of hydrogen-bond donors (Lipinski definition) is 0. The van der Waals surface area contributed by atoms with Crippen LogP contribution in [0.5, 0.6) is 0 Å². The van der Waals surface area contributed by atoms with Crippen LogP contribution < -0.4 is 26.2 Å². The topological polar surface area (TPSA) is 16.3 Å². The van der Waals surface area contributed by atoms with Crippen LogP contribution in [0.15, 0.2) is 315 Å². The fourth-order valence-electron chi connectivity index (χ4n) is 17.1. The summed E-state index contributed by atoms with van der Waals surface area (Å²) in [5.74, 6) is 0. The maximum absolute atomic E-state index is 9.98. The number of fused-ring (bicyclic) bond motifs is 26. The van der Waals surface area contributed by atoms with E-state index in [4.69, 9.17) is 0 Å². The molecule has 18 aromatic rings. The summed E-state index contributed by atoms with van der Waals surface area (Å²) in [5, 5.41) is 2.08. The van der Waals surface area contributed by atoms with E-state index in [1.165, 1.54) is 19.3 Å². The van der Waals surface area contributed by atoms with Gasteiger partial charge in [-0.15, -0.1) is 0 Å². The second-order valence-electron chi connectivity index (χ2n) is 32.1. The summed E-state index contributed by atoms with van der Waals surface area (Å²) in [5.41, 5.74) is 19.7. The molecule has 0 fully saturated rings. The fraction of sp³-hybridized carbons (Fsp3) is 0.118. The molecule has 0 saturated heterocycles. The van der Waals surface area contributed by atoms with Crippen molar-refractivity contribution in [3.63, 3.8) is 0 Å². The molecule has 13 bridgehead atoms. The van der Waals surface area contributed by atoms with Crippen LogP contribution in [0, 0.1) is 0 Å². The van der Waals surface area contributed by atoms with Crippen LogP contribution in [0.4, 0.5) is 34.1 Å². The van der Waals surface area contributed by atoms with Crippen LogP contribution in [-0.4, -0.2) is 30.4 Å². The molecule has 0 saturated carbocycles. The second kappa shape index (κ2) is 23.8. The third kappa shape index (κ3) is 9.96. The summed E-state index contributed by atoms with van der Waals surface area (Å²) in [6.07, 6.45) is 0. The average molecular weight is 1470 g/mol. The van der Waals surface area contributed by atoms with E-state index in [1.807, 2.05) is 48.5 Å². The van der Waals surface area contributed by atoms with Crippen molar-refractivity contribution in [1.29, 1.82) is 0 Å². The molecule has 0 amide bonds. The molecule has 0 aliphatic carbocycles. The summed E-state index contributed by atoms with van der Waals surface area (Å²) in [4.78, 5) is 4.77.